The maximum atomic E-state index is 12.8. The Kier molecular flexibility index (Phi) is 5.95. The van der Waals surface area contributed by atoms with Gasteiger partial charge in [-0.1, -0.05) is 24.6 Å². The molecule has 0 aliphatic carbocycles. The van der Waals surface area contributed by atoms with Crippen LogP contribution in [0.2, 0.25) is 5.02 Å². The van der Waals surface area contributed by atoms with Gasteiger partial charge in [-0.05, 0) is 17.7 Å². The molecule has 0 spiro atoms. The number of nitrogens with one attached hydrogen (secondary N) is 1. The molecule has 0 saturated heterocycles. The van der Waals surface area contributed by atoms with Gasteiger partial charge in [-0.15, -0.1) is 0 Å². The fourth-order valence-electron chi connectivity index (χ4n) is 1.21. The van der Waals surface area contributed by atoms with E-state index in [9.17, 15) is 8.60 Å². The molecule has 0 aliphatic heterocycles. The molecular formula is C11H15ClFNOS. The minimum atomic E-state index is -0.741. The molecule has 1 N–H and O–H groups in total. The Morgan fingerprint density at radius 2 is 2.25 bits per heavy atom. The van der Waals surface area contributed by atoms with Gasteiger partial charge in [0.15, 0.2) is 0 Å². The number of rotatable bonds is 6. The average molecular weight is 264 g/mol. The molecule has 16 heavy (non-hydrogen) atoms. The average Bonchev–Trinajstić information content (AvgIpc) is 2.28. The van der Waals surface area contributed by atoms with Crippen LogP contribution in [-0.4, -0.2) is 22.3 Å². The quantitative estimate of drug-likeness (QED) is 0.799. The molecule has 0 bridgehead atoms. The Hall–Kier alpha value is -0.450. The molecule has 0 aliphatic rings. The standard InChI is InChI=1S/C11H15ClFNOS/c1-2-16(15)6-5-14-8-9-3-4-11(13)10(12)7-9/h3-4,7,14H,2,5-6,8H2,1H3. The molecule has 0 heterocycles. The van der Waals surface area contributed by atoms with Gasteiger partial charge in [0.2, 0.25) is 0 Å². The first-order chi connectivity index (χ1) is 7.63. The van der Waals surface area contributed by atoms with Gasteiger partial charge in [-0.2, -0.15) is 0 Å². The summed E-state index contributed by atoms with van der Waals surface area (Å²) in [6, 6.07) is 4.63. The van der Waals surface area contributed by atoms with Crippen LogP contribution < -0.4 is 5.32 Å². The zero-order valence-corrected chi connectivity index (χ0v) is 10.7. The highest BCUT2D eigenvalue weighted by atomic mass is 35.5. The minimum absolute atomic E-state index is 0.136. The molecule has 1 rings (SSSR count). The first-order valence-corrected chi connectivity index (χ1v) is 6.99. The lowest BCUT2D eigenvalue weighted by Crippen LogP contribution is -2.20. The predicted molar refractivity (Wildman–Crippen MR) is 66.7 cm³/mol. The van der Waals surface area contributed by atoms with Gasteiger partial charge in [0.05, 0.1) is 5.02 Å². The van der Waals surface area contributed by atoms with E-state index in [1.165, 1.54) is 6.07 Å². The van der Waals surface area contributed by atoms with Gasteiger partial charge >= 0.3 is 0 Å². The molecule has 1 unspecified atom stereocenters. The van der Waals surface area contributed by atoms with E-state index < -0.39 is 16.6 Å². The van der Waals surface area contributed by atoms with E-state index in [0.717, 1.165) is 5.56 Å². The molecule has 0 amide bonds. The van der Waals surface area contributed by atoms with Crippen LogP contribution in [0.25, 0.3) is 0 Å². The summed E-state index contributed by atoms with van der Waals surface area (Å²) >= 11 is 5.65. The van der Waals surface area contributed by atoms with Crippen LogP contribution in [0.3, 0.4) is 0 Å². The van der Waals surface area contributed by atoms with E-state index >= 15 is 0 Å². The predicted octanol–water partition coefficient (Wildman–Crippen LogP) is 2.34. The van der Waals surface area contributed by atoms with Crippen LogP contribution in [0.1, 0.15) is 12.5 Å². The number of hydrogen-bond acceptors (Lipinski definition) is 2. The lowest BCUT2D eigenvalue weighted by atomic mass is 10.2. The zero-order valence-electron chi connectivity index (χ0n) is 9.13. The Morgan fingerprint density at radius 3 is 2.88 bits per heavy atom. The van der Waals surface area contributed by atoms with Crippen molar-refractivity contribution in [2.75, 3.05) is 18.1 Å². The van der Waals surface area contributed by atoms with Gasteiger partial charge in [-0.25, -0.2) is 4.39 Å². The van der Waals surface area contributed by atoms with Crippen LogP contribution in [0.4, 0.5) is 4.39 Å². The zero-order chi connectivity index (χ0) is 12.0. The third-order valence-corrected chi connectivity index (χ3v) is 3.73. The fraction of sp³-hybridized carbons (Fsp3) is 0.455. The molecule has 1 aromatic carbocycles. The van der Waals surface area contributed by atoms with Gasteiger partial charge < -0.3 is 5.32 Å². The number of hydrogen-bond donors (Lipinski definition) is 1. The van der Waals surface area contributed by atoms with E-state index in [4.69, 9.17) is 11.6 Å². The third kappa shape index (κ3) is 4.60. The van der Waals surface area contributed by atoms with Crippen LogP contribution in [0.15, 0.2) is 18.2 Å². The lowest BCUT2D eigenvalue weighted by molar-refractivity contribution is 0.626. The van der Waals surface area contributed by atoms with Gasteiger partial charge in [-0.3, -0.25) is 4.21 Å². The normalized spacial score (nSPS) is 12.7. The maximum Gasteiger partial charge on any atom is 0.141 e. The van der Waals surface area contributed by atoms with Crippen molar-refractivity contribution in [3.63, 3.8) is 0 Å². The van der Waals surface area contributed by atoms with Crippen LogP contribution in [0, 0.1) is 5.82 Å². The van der Waals surface area contributed by atoms with E-state index in [0.29, 0.717) is 24.6 Å². The molecule has 1 aromatic rings. The summed E-state index contributed by atoms with van der Waals surface area (Å²) in [7, 11) is -0.741. The Bertz CT molecular complexity index is 373. The summed E-state index contributed by atoms with van der Waals surface area (Å²) in [6.07, 6.45) is 0. The molecule has 90 valence electrons. The summed E-state index contributed by atoms with van der Waals surface area (Å²) in [6.45, 7) is 3.20. The third-order valence-electron chi connectivity index (χ3n) is 2.14. The van der Waals surface area contributed by atoms with Crippen LogP contribution in [0.5, 0.6) is 0 Å². The second-order valence-electron chi connectivity index (χ2n) is 3.36. The van der Waals surface area contributed by atoms with Crippen molar-refractivity contribution in [2.24, 2.45) is 0 Å². The molecule has 1 atom stereocenters. The monoisotopic (exact) mass is 263 g/mol. The maximum absolute atomic E-state index is 12.8. The lowest BCUT2D eigenvalue weighted by Gasteiger charge is -2.05. The van der Waals surface area contributed by atoms with Crippen molar-refractivity contribution >= 4 is 22.4 Å². The van der Waals surface area contributed by atoms with Crippen LogP contribution in [-0.2, 0) is 17.3 Å². The SMILES string of the molecule is CCS(=O)CCNCc1ccc(F)c(Cl)c1. The molecule has 0 saturated carbocycles. The molecule has 0 fully saturated rings. The summed E-state index contributed by atoms with van der Waals surface area (Å²) in [5.41, 5.74) is 0.925. The minimum Gasteiger partial charge on any atom is -0.312 e. The topological polar surface area (TPSA) is 29.1 Å². The van der Waals surface area contributed by atoms with Crippen molar-refractivity contribution in [3.8, 4) is 0 Å². The van der Waals surface area contributed by atoms with E-state index in [2.05, 4.69) is 5.32 Å². The van der Waals surface area contributed by atoms with E-state index in [1.54, 1.807) is 12.1 Å². The Labute approximate surface area is 103 Å². The van der Waals surface area contributed by atoms with Crippen molar-refractivity contribution in [2.45, 2.75) is 13.5 Å². The van der Waals surface area contributed by atoms with Crippen LogP contribution >= 0.6 is 11.6 Å². The largest absolute Gasteiger partial charge is 0.312 e. The smallest absolute Gasteiger partial charge is 0.141 e. The molecule has 2 nitrogen and oxygen atoms in total. The van der Waals surface area contributed by atoms with Gasteiger partial charge in [0, 0.05) is 35.4 Å². The second-order valence-corrected chi connectivity index (χ2v) is 5.63. The second kappa shape index (κ2) is 6.99. The fourth-order valence-corrected chi connectivity index (χ4v) is 2.08. The summed E-state index contributed by atoms with van der Waals surface area (Å²) in [5, 5.41) is 3.28. The van der Waals surface area contributed by atoms with Crippen molar-refractivity contribution in [1.82, 2.24) is 5.32 Å². The highest BCUT2D eigenvalue weighted by Gasteiger charge is 2.01. The van der Waals surface area contributed by atoms with Gasteiger partial charge in [0.25, 0.3) is 0 Å². The number of benzene rings is 1. The number of halogens is 2. The summed E-state index contributed by atoms with van der Waals surface area (Å²) < 4.78 is 24.0. The molecular weight excluding hydrogens is 249 g/mol. The van der Waals surface area contributed by atoms with Crippen molar-refractivity contribution in [1.29, 1.82) is 0 Å². The Balaban J connectivity index is 2.32. The molecule has 0 radical (unpaired) electrons. The first-order valence-electron chi connectivity index (χ1n) is 5.13. The van der Waals surface area contributed by atoms with Crippen molar-refractivity contribution in [3.05, 3.63) is 34.6 Å². The summed E-state index contributed by atoms with van der Waals surface area (Å²) in [4.78, 5) is 0. The van der Waals surface area contributed by atoms with E-state index in [-0.39, 0.29) is 5.02 Å². The highest BCUT2D eigenvalue weighted by Crippen LogP contribution is 2.15. The molecule has 5 heteroatoms. The summed E-state index contributed by atoms with van der Waals surface area (Å²) in [5.74, 6) is 0.924. The van der Waals surface area contributed by atoms with E-state index in [1.807, 2.05) is 6.92 Å². The first kappa shape index (κ1) is 13.6. The van der Waals surface area contributed by atoms with Gasteiger partial charge in [0.1, 0.15) is 5.82 Å². The Morgan fingerprint density at radius 1 is 1.50 bits per heavy atom. The molecule has 0 aromatic heterocycles. The highest BCUT2D eigenvalue weighted by molar-refractivity contribution is 7.84. The van der Waals surface area contributed by atoms with Crippen molar-refractivity contribution < 1.29 is 8.60 Å².